The van der Waals surface area contributed by atoms with E-state index in [0.29, 0.717) is 0 Å². The Labute approximate surface area is 72.5 Å². The first-order chi connectivity index (χ1) is 4.83. The smallest absolute Gasteiger partial charge is 0.0151 e. The Bertz CT molecular complexity index is 183. The molecule has 0 aromatic rings. The molecule has 0 amide bonds. The van der Waals surface area contributed by atoms with E-state index < -0.39 is 0 Å². The van der Waals surface area contributed by atoms with Crippen molar-refractivity contribution < 1.29 is 0 Å². The SMILES string of the molecule is C=IC1C2CC2C=C[C@H]1C. The number of allylic oxidation sites excluding steroid dienone is 2. The van der Waals surface area contributed by atoms with Crippen LogP contribution in [0.1, 0.15) is 13.3 Å². The largest absolute Gasteiger partial charge is 0.126 e. The summed E-state index contributed by atoms with van der Waals surface area (Å²) < 4.78 is 5.12. The summed E-state index contributed by atoms with van der Waals surface area (Å²) in [5.74, 6) is 2.88. The minimum Gasteiger partial charge on any atom is -0.126 e. The van der Waals surface area contributed by atoms with E-state index in [2.05, 4.69) is 23.6 Å². The van der Waals surface area contributed by atoms with Crippen LogP contribution in [0, 0.1) is 17.8 Å². The predicted octanol–water partition coefficient (Wildman–Crippen LogP) is 2.60. The third-order valence-corrected chi connectivity index (χ3v) is 5.72. The van der Waals surface area contributed by atoms with Crippen LogP contribution in [0.2, 0.25) is 0 Å². The molecule has 1 fully saturated rings. The molecule has 0 saturated heterocycles. The lowest BCUT2D eigenvalue weighted by Crippen LogP contribution is -2.15. The van der Waals surface area contributed by atoms with Crippen LogP contribution in [0.25, 0.3) is 0 Å². The van der Waals surface area contributed by atoms with Gasteiger partial charge in [0.1, 0.15) is 0 Å². The molecule has 56 valence electrons. The molecule has 0 bridgehead atoms. The number of hydrogen-bond donors (Lipinski definition) is 0. The molecule has 0 aliphatic heterocycles. The van der Waals surface area contributed by atoms with Crippen LogP contribution in [0.4, 0.5) is 0 Å². The van der Waals surface area contributed by atoms with E-state index >= 15 is 0 Å². The van der Waals surface area contributed by atoms with Crippen LogP contribution >= 0.6 is 20.7 Å². The summed E-state index contributed by atoms with van der Waals surface area (Å²) in [6, 6.07) is 0. The van der Waals surface area contributed by atoms with E-state index in [-0.39, 0.29) is 20.7 Å². The van der Waals surface area contributed by atoms with Gasteiger partial charge in [0.2, 0.25) is 0 Å². The fraction of sp³-hybridized carbons (Fsp3) is 0.667. The number of alkyl halides is 1. The lowest BCUT2D eigenvalue weighted by atomic mass is 9.98. The van der Waals surface area contributed by atoms with Gasteiger partial charge in [0.25, 0.3) is 0 Å². The van der Waals surface area contributed by atoms with Crippen LogP contribution in [-0.4, -0.2) is 8.44 Å². The highest BCUT2D eigenvalue weighted by atomic mass is 127. The van der Waals surface area contributed by atoms with Gasteiger partial charge in [-0.1, -0.05) is 23.6 Å². The maximum absolute atomic E-state index is 4.11. The Balaban J connectivity index is 2.18. The van der Waals surface area contributed by atoms with Crippen molar-refractivity contribution in [3.05, 3.63) is 12.2 Å². The first-order valence-corrected chi connectivity index (χ1v) is 6.65. The topological polar surface area (TPSA) is 0 Å². The molecule has 0 aromatic heterocycles. The van der Waals surface area contributed by atoms with Crippen molar-refractivity contribution >= 4 is 25.2 Å². The van der Waals surface area contributed by atoms with E-state index in [9.17, 15) is 0 Å². The first-order valence-electron chi connectivity index (χ1n) is 3.88. The zero-order valence-corrected chi connectivity index (χ0v) is 8.41. The summed E-state index contributed by atoms with van der Waals surface area (Å²) in [5, 5.41) is 0. The highest BCUT2D eigenvalue weighted by Crippen LogP contribution is 2.51. The lowest BCUT2D eigenvalue weighted by molar-refractivity contribution is 0.591. The van der Waals surface area contributed by atoms with Crippen LogP contribution in [0.5, 0.6) is 0 Å². The summed E-state index contributed by atoms with van der Waals surface area (Å²) in [6.07, 6.45) is 6.30. The number of fused-ring (bicyclic) bond motifs is 1. The first kappa shape index (κ1) is 7.01. The molecule has 0 radical (unpaired) electrons. The van der Waals surface area contributed by atoms with Crippen molar-refractivity contribution in [2.75, 3.05) is 0 Å². The Morgan fingerprint density at radius 1 is 1.50 bits per heavy atom. The van der Waals surface area contributed by atoms with Crippen LogP contribution in [-0.2, 0) is 0 Å². The average molecular weight is 248 g/mol. The molecule has 0 heterocycles. The number of hydrogen-bond acceptors (Lipinski definition) is 0. The van der Waals surface area contributed by atoms with E-state index in [4.69, 9.17) is 0 Å². The molecule has 0 spiro atoms. The molecular formula is C9H13I. The monoisotopic (exact) mass is 248 g/mol. The van der Waals surface area contributed by atoms with Crippen molar-refractivity contribution in [2.45, 2.75) is 17.3 Å². The van der Waals surface area contributed by atoms with Gasteiger partial charge in [-0.2, -0.15) is 0 Å². The molecule has 2 rings (SSSR count). The molecule has 4 atom stereocenters. The van der Waals surface area contributed by atoms with Gasteiger partial charge < -0.3 is 0 Å². The van der Waals surface area contributed by atoms with Gasteiger partial charge in [0.05, 0.1) is 0 Å². The third-order valence-electron chi connectivity index (χ3n) is 2.64. The average Bonchev–Trinajstić information content (AvgIpc) is 2.66. The molecule has 0 N–H and O–H groups in total. The van der Waals surface area contributed by atoms with Gasteiger partial charge >= 0.3 is 0 Å². The van der Waals surface area contributed by atoms with E-state index in [1.807, 2.05) is 0 Å². The molecule has 1 heteroatoms. The Morgan fingerprint density at radius 3 is 2.90 bits per heavy atom. The summed E-state index contributed by atoms with van der Waals surface area (Å²) >= 11 is 0.246. The fourth-order valence-corrected chi connectivity index (χ4v) is 4.41. The Morgan fingerprint density at radius 2 is 2.30 bits per heavy atom. The second-order valence-corrected chi connectivity index (χ2v) is 5.73. The number of rotatable bonds is 1. The van der Waals surface area contributed by atoms with Gasteiger partial charge in [-0.15, -0.1) is 20.7 Å². The molecule has 1 saturated carbocycles. The second-order valence-electron chi connectivity index (χ2n) is 3.41. The third kappa shape index (κ3) is 0.987. The lowest BCUT2D eigenvalue weighted by Gasteiger charge is -2.19. The molecular weight excluding hydrogens is 235 g/mol. The van der Waals surface area contributed by atoms with Gasteiger partial charge in [-0.3, -0.25) is 0 Å². The summed E-state index contributed by atoms with van der Waals surface area (Å²) in [5.41, 5.74) is 0. The number of halogens is 1. The molecule has 0 nitrogen and oxygen atoms in total. The van der Waals surface area contributed by atoms with Gasteiger partial charge in [0.15, 0.2) is 0 Å². The van der Waals surface area contributed by atoms with E-state index in [0.717, 1.165) is 21.7 Å². The van der Waals surface area contributed by atoms with Crippen LogP contribution < -0.4 is 0 Å². The zero-order chi connectivity index (χ0) is 7.14. The Hall–Kier alpha value is 0.340. The van der Waals surface area contributed by atoms with Crippen molar-refractivity contribution in [1.82, 2.24) is 0 Å². The van der Waals surface area contributed by atoms with Crippen LogP contribution in [0.3, 0.4) is 0 Å². The van der Waals surface area contributed by atoms with Crippen molar-refractivity contribution in [3.8, 4) is 0 Å². The van der Waals surface area contributed by atoms with Crippen molar-refractivity contribution in [2.24, 2.45) is 17.8 Å². The highest BCUT2D eigenvalue weighted by Gasteiger charge is 2.44. The van der Waals surface area contributed by atoms with Crippen molar-refractivity contribution in [3.63, 3.8) is 0 Å². The van der Waals surface area contributed by atoms with E-state index in [1.54, 1.807) is 0 Å². The van der Waals surface area contributed by atoms with Gasteiger partial charge in [-0.05, 0) is 24.2 Å². The summed E-state index contributed by atoms with van der Waals surface area (Å²) in [4.78, 5) is 0. The van der Waals surface area contributed by atoms with Gasteiger partial charge in [-0.25, -0.2) is 0 Å². The predicted molar refractivity (Wildman–Crippen MR) is 54.8 cm³/mol. The van der Waals surface area contributed by atoms with Gasteiger partial charge in [0, 0.05) is 3.92 Å². The fourth-order valence-electron chi connectivity index (χ4n) is 1.89. The highest BCUT2D eigenvalue weighted by molar-refractivity contribution is 14.2. The van der Waals surface area contributed by atoms with E-state index in [1.165, 1.54) is 6.42 Å². The van der Waals surface area contributed by atoms with Crippen molar-refractivity contribution in [1.29, 1.82) is 0 Å². The van der Waals surface area contributed by atoms with Crippen LogP contribution in [0.15, 0.2) is 12.2 Å². The summed E-state index contributed by atoms with van der Waals surface area (Å²) in [7, 11) is 0. The molecule has 2 aliphatic carbocycles. The Kier molecular flexibility index (Phi) is 1.71. The minimum atomic E-state index is 0.246. The minimum absolute atomic E-state index is 0.246. The summed E-state index contributed by atoms with van der Waals surface area (Å²) in [6.45, 7) is 2.35. The maximum Gasteiger partial charge on any atom is 0.0151 e. The second kappa shape index (κ2) is 2.43. The molecule has 3 unspecified atom stereocenters. The molecule has 2 aliphatic rings. The molecule has 10 heavy (non-hydrogen) atoms. The normalized spacial score (nSPS) is 50.5. The standard InChI is InChI=1S/C9H13I/c1-6-3-4-7-5-8(7)9(6)10-2/h3-4,6-9H,2,5H2,1H3/t6-,7?,8?,9?/m1/s1. The maximum atomic E-state index is 4.11. The zero-order valence-electron chi connectivity index (χ0n) is 6.26. The molecule has 0 aromatic carbocycles. The quantitative estimate of drug-likeness (QED) is 0.380.